The Bertz CT molecular complexity index is 816. The molecular weight excluding hydrogens is 390 g/mol. The maximum atomic E-state index is 14.4. The van der Waals surface area contributed by atoms with Crippen LogP contribution in [0.3, 0.4) is 0 Å². The summed E-state index contributed by atoms with van der Waals surface area (Å²) in [5.41, 5.74) is 0.351. The number of hydrogen-bond acceptors (Lipinski definition) is 3. The first kappa shape index (κ1) is 19.9. The first-order chi connectivity index (χ1) is 12.6. The number of carbonyl (C=O) groups excluding carboxylic acids is 1. The van der Waals surface area contributed by atoms with Crippen molar-refractivity contribution in [2.24, 2.45) is 0 Å². The van der Waals surface area contributed by atoms with Gasteiger partial charge in [0.1, 0.15) is 5.75 Å². The number of fused-ring (bicyclic) bond motifs is 2. The Morgan fingerprint density at radius 3 is 2.59 bits per heavy atom. The molecule has 0 aliphatic carbocycles. The molecule has 1 amide bonds. The van der Waals surface area contributed by atoms with Gasteiger partial charge in [-0.1, -0.05) is 11.6 Å². The molecule has 2 atom stereocenters. The molecule has 4 nitrogen and oxygen atoms in total. The molecule has 144 valence electrons. The fraction of sp³-hybridized carbons (Fsp3) is 0.350. The van der Waals surface area contributed by atoms with Crippen LogP contribution in [0.2, 0.25) is 5.02 Å². The number of amides is 1. The molecule has 2 aromatic rings. The van der Waals surface area contributed by atoms with E-state index in [9.17, 15) is 9.18 Å². The minimum Gasteiger partial charge on any atom is -0.454 e. The van der Waals surface area contributed by atoms with Gasteiger partial charge in [0, 0.05) is 35.8 Å². The summed E-state index contributed by atoms with van der Waals surface area (Å²) in [5, 5.41) is 4.13. The van der Waals surface area contributed by atoms with Crippen molar-refractivity contribution in [1.82, 2.24) is 10.2 Å². The van der Waals surface area contributed by atoms with E-state index in [-0.39, 0.29) is 24.1 Å². The number of likely N-dealkylation sites (tertiary alicyclic amines) is 1. The van der Waals surface area contributed by atoms with E-state index >= 15 is 0 Å². The van der Waals surface area contributed by atoms with Gasteiger partial charge in [0.15, 0.2) is 11.6 Å². The molecule has 2 fully saturated rings. The van der Waals surface area contributed by atoms with Gasteiger partial charge in [0.2, 0.25) is 0 Å². The Hall–Kier alpha value is -1.82. The van der Waals surface area contributed by atoms with Crippen LogP contribution < -0.4 is 10.1 Å². The van der Waals surface area contributed by atoms with E-state index in [1.807, 2.05) is 4.90 Å². The zero-order valence-corrected chi connectivity index (χ0v) is 16.2. The van der Waals surface area contributed by atoms with Crippen molar-refractivity contribution in [2.45, 2.75) is 31.3 Å². The summed E-state index contributed by atoms with van der Waals surface area (Å²) >= 11 is 5.83. The van der Waals surface area contributed by atoms with Gasteiger partial charge in [-0.15, -0.1) is 12.4 Å². The summed E-state index contributed by atoms with van der Waals surface area (Å²) in [7, 11) is 0. The first-order valence-electron chi connectivity index (χ1n) is 8.87. The SMILES string of the molecule is Cl.O=C(c1ccc(Oc2ccc(Cl)cc2)c(F)c1)N1CCC2CCC(C1)N2. The van der Waals surface area contributed by atoms with Crippen LogP contribution in [0.5, 0.6) is 11.5 Å². The zero-order chi connectivity index (χ0) is 18.1. The van der Waals surface area contributed by atoms with Gasteiger partial charge >= 0.3 is 0 Å². The summed E-state index contributed by atoms with van der Waals surface area (Å²) in [6.45, 7) is 1.39. The summed E-state index contributed by atoms with van der Waals surface area (Å²) in [5.74, 6) is -0.112. The lowest BCUT2D eigenvalue weighted by atomic mass is 10.1. The highest BCUT2D eigenvalue weighted by Crippen LogP contribution is 2.27. The number of halogens is 3. The van der Waals surface area contributed by atoms with Crippen LogP contribution in [0, 0.1) is 5.82 Å². The van der Waals surface area contributed by atoms with Gasteiger partial charge < -0.3 is 15.0 Å². The molecule has 2 heterocycles. The molecule has 2 unspecified atom stereocenters. The second kappa shape index (κ2) is 8.46. The largest absolute Gasteiger partial charge is 0.454 e. The third-order valence-corrected chi connectivity index (χ3v) is 5.28. The van der Waals surface area contributed by atoms with E-state index in [4.69, 9.17) is 16.3 Å². The standard InChI is InChI=1S/C20H20ClFN2O2.ClH/c21-14-2-6-17(7-3-14)26-19-8-1-13(11-18(19)22)20(25)24-10-9-15-4-5-16(12-24)23-15;/h1-3,6-8,11,15-16,23H,4-5,9-10,12H2;1H. The predicted molar refractivity (Wildman–Crippen MR) is 106 cm³/mol. The number of ether oxygens (including phenoxy) is 1. The van der Waals surface area contributed by atoms with Crippen LogP contribution in [-0.2, 0) is 0 Å². The van der Waals surface area contributed by atoms with Gasteiger partial charge in [-0.2, -0.15) is 0 Å². The quantitative estimate of drug-likeness (QED) is 0.799. The lowest BCUT2D eigenvalue weighted by Crippen LogP contribution is -2.39. The van der Waals surface area contributed by atoms with E-state index < -0.39 is 5.82 Å². The van der Waals surface area contributed by atoms with Crippen LogP contribution in [-0.4, -0.2) is 36.0 Å². The minimum absolute atomic E-state index is 0. The molecule has 1 N–H and O–H groups in total. The van der Waals surface area contributed by atoms with Crippen molar-refractivity contribution in [3.05, 3.63) is 58.9 Å². The molecule has 2 aromatic carbocycles. The number of carbonyl (C=O) groups is 1. The smallest absolute Gasteiger partial charge is 0.254 e. The number of hydrogen-bond donors (Lipinski definition) is 1. The number of nitrogens with zero attached hydrogens (tertiary/aromatic N) is 1. The minimum atomic E-state index is -0.555. The topological polar surface area (TPSA) is 41.6 Å². The van der Waals surface area contributed by atoms with Crippen molar-refractivity contribution in [3.8, 4) is 11.5 Å². The molecule has 0 spiro atoms. The van der Waals surface area contributed by atoms with E-state index in [2.05, 4.69) is 5.32 Å². The Balaban J connectivity index is 0.00000210. The van der Waals surface area contributed by atoms with E-state index in [1.54, 1.807) is 30.3 Å². The number of nitrogens with one attached hydrogen (secondary N) is 1. The maximum Gasteiger partial charge on any atom is 0.254 e. The van der Waals surface area contributed by atoms with Gasteiger partial charge in [0.05, 0.1) is 0 Å². The Morgan fingerprint density at radius 2 is 1.85 bits per heavy atom. The second-order valence-corrected chi connectivity index (χ2v) is 7.32. The highest BCUT2D eigenvalue weighted by molar-refractivity contribution is 6.30. The molecule has 2 saturated heterocycles. The highest BCUT2D eigenvalue weighted by atomic mass is 35.5. The Kier molecular flexibility index (Phi) is 6.25. The average molecular weight is 411 g/mol. The third-order valence-electron chi connectivity index (χ3n) is 5.03. The van der Waals surface area contributed by atoms with E-state index in [0.717, 1.165) is 12.8 Å². The van der Waals surface area contributed by atoms with Crippen LogP contribution in [0.4, 0.5) is 4.39 Å². The van der Waals surface area contributed by atoms with Crippen molar-refractivity contribution in [2.75, 3.05) is 13.1 Å². The van der Waals surface area contributed by atoms with Gasteiger partial charge in [-0.05, 0) is 61.7 Å². The Labute approximate surface area is 169 Å². The Morgan fingerprint density at radius 1 is 1.11 bits per heavy atom. The lowest BCUT2D eigenvalue weighted by molar-refractivity contribution is 0.0747. The lowest BCUT2D eigenvalue weighted by Gasteiger charge is -2.24. The summed E-state index contributed by atoms with van der Waals surface area (Å²) in [6, 6.07) is 11.9. The van der Waals surface area contributed by atoms with Crippen LogP contribution >= 0.6 is 24.0 Å². The van der Waals surface area contributed by atoms with Gasteiger partial charge in [-0.3, -0.25) is 4.79 Å². The molecule has 27 heavy (non-hydrogen) atoms. The fourth-order valence-electron chi connectivity index (χ4n) is 3.66. The zero-order valence-electron chi connectivity index (χ0n) is 14.7. The molecular formula is C20H21Cl2FN2O2. The van der Waals surface area contributed by atoms with Crippen molar-refractivity contribution < 1.29 is 13.9 Å². The van der Waals surface area contributed by atoms with E-state index in [1.165, 1.54) is 18.6 Å². The molecule has 7 heteroatoms. The van der Waals surface area contributed by atoms with E-state index in [0.29, 0.717) is 41.5 Å². The van der Waals surface area contributed by atoms with Crippen LogP contribution in [0.25, 0.3) is 0 Å². The van der Waals surface area contributed by atoms with Crippen molar-refractivity contribution in [3.63, 3.8) is 0 Å². The van der Waals surface area contributed by atoms with Gasteiger partial charge in [0.25, 0.3) is 5.91 Å². The molecule has 0 saturated carbocycles. The van der Waals surface area contributed by atoms with Crippen LogP contribution in [0.15, 0.2) is 42.5 Å². The molecule has 2 aliphatic heterocycles. The third kappa shape index (κ3) is 4.54. The molecule has 0 aromatic heterocycles. The second-order valence-electron chi connectivity index (χ2n) is 6.88. The monoisotopic (exact) mass is 410 g/mol. The fourth-order valence-corrected chi connectivity index (χ4v) is 3.78. The van der Waals surface area contributed by atoms with Crippen molar-refractivity contribution >= 4 is 29.9 Å². The summed E-state index contributed by atoms with van der Waals surface area (Å²) in [4.78, 5) is 14.6. The molecule has 4 rings (SSSR count). The van der Waals surface area contributed by atoms with Gasteiger partial charge in [-0.25, -0.2) is 4.39 Å². The molecule has 2 aliphatic rings. The first-order valence-corrected chi connectivity index (χ1v) is 9.24. The normalized spacial score (nSPS) is 21.3. The summed E-state index contributed by atoms with van der Waals surface area (Å²) in [6.07, 6.45) is 3.22. The maximum absolute atomic E-state index is 14.4. The predicted octanol–water partition coefficient (Wildman–Crippen LogP) is 4.66. The van der Waals surface area contributed by atoms with Crippen molar-refractivity contribution in [1.29, 1.82) is 0 Å². The molecule has 2 bridgehead atoms. The summed E-state index contributed by atoms with van der Waals surface area (Å²) < 4.78 is 20.0. The average Bonchev–Trinajstić information content (AvgIpc) is 2.97. The number of benzene rings is 2. The highest BCUT2D eigenvalue weighted by Gasteiger charge is 2.31. The molecule has 0 radical (unpaired) electrons. The van der Waals surface area contributed by atoms with Crippen LogP contribution in [0.1, 0.15) is 29.6 Å². The number of rotatable bonds is 3.